The van der Waals surface area contributed by atoms with Gasteiger partial charge in [-0.3, -0.25) is 19.8 Å². The number of nitrogens with one attached hydrogen (secondary N) is 1. The van der Waals surface area contributed by atoms with Crippen LogP contribution in [0.1, 0.15) is 68.4 Å². The fourth-order valence-corrected chi connectivity index (χ4v) is 4.76. The van der Waals surface area contributed by atoms with Crippen LogP contribution in [0.15, 0.2) is 24.3 Å². The van der Waals surface area contributed by atoms with Gasteiger partial charge in [-0.1, -0.05) is 30.7 Å². The normalized spacial score (nSPS) is 29.8. The van der Waals surface area contributed by atoms with Crippen molar-refractivity contribution in [1.29, 1.82) is 0 Å². The van der Waals surface area contributed by atoms with Crippen molar-refractivity contribution in [3.63, 3.8) is 0 Å². The Morgan fingerprint density at radius 2 is 1.91 bits per heavy atom. The number of aliphatic hydroxyl groups excluding tert-OH is 1. The Morgan fingerprint density at radius 3 is 2.50 bits per heavy atom. The molecule has 1 aromatic rings. The molecular weight excluding hydrogens is 423 g/mol. The Morgan fingerprint density at radius 1 is 1.25 bits per heavy atom. The first-order chi connectivity index (χ1) is 14.8. The molecule has 4 N–H and O–H groups in total. The summed E-state index contributed by atoms with van der Waals surface area (Å²) in [6, 6.07) is 5.50. The van der Waals surface area contributed by atoms with E-state index in [2.05, 4.69) is 5.32 Å². The number of ketones is 1. The molecule has 2 fully saturated rings. The van der Waals surface area contributed by atoms with Gasteiger partial charge in [-0.25, -0.2) is 0 Å². The Labute approximate surface area is 186 Å². The third kappa shape index (κ3) is 4.70. The van der Waals surface area contributed by atoms with E-state index in [1.54, 1.807) is 31.2 Å². The van der Waals surface area contributed by atoms with Gasteiger partial charge >= 0.3 is 6.18 Å². The van der Waals surface area contributed by atoms with Crippen molar-refractivity contribution in [3.8, 4) is 0 Å². The molecule has 2 aliphatic rings. The molecule has 2 saturated heterocycles. The maximum Gasteiger partial charge on any atom is 0.395 e. The summed E-state index contributed by atoms with van der Waals surface area (Å²) < 4.78 is 40.7. The highest BCUT2D eigenvalue weighted by Gasteiger charge is 2.50. The number of alkyl halides is 3. The topological polar surface area (TPSA) is 95.7 Å². The molecule has 0 aliphatic carbocycles. The average Bonchev–Trinajstić information content (AvgIpc) is 3.02. The summed E-state index contributed by atoms with van der Waals surface area (Å²) in [5, 5.41) is 13.4. The summed E-state index contributed by atoms with van der Waals surface area (Å²) in [7, 11) is 0. The Hall–Kier alpha value is -1.97. The molecule has 0 saturated carbocycles. The van der Waals surface area contributed by atoms with Crippen LogP contribution in [-0.2, 0) is 4.79 Å². The molecule has 4 atom stereocenters. The molecule has 32 heavy (non-hydrogen) atoms. The fraction of sp³-hybridized carbons (Fsp3) is 0.652. The standard InChI is InChI=1S/C23H32F3N3O3/c1-21(2,23(24,25)26)13-29-11-7-6-10-16(29)14-8-4-5-9-15(14)19(31)18-17(30)12-22(3,28-18)20(27)32/h4-5,8-9,16-18,28,30H,6-7,10-13H2,1-3H3,(H2,27,32). The number of likely N-dealkylation sites (tertiary alicyclic amines) is 1. The zero-order valence-corrected chi connectivity index (χ0v) is 18.7. The fourth-order valence-electron chi connectivity index (χ4n) is 4.76. The second kappa shape index (κ2) is 8.76. The molecule has 1 aromatic carbocycles. The molecule has 3 rings (SSSR count). The number of rotatable bonds is 6. The van der Waals surface area contributed by atoms with Crippen molar-refractivity contribution in [2.45, 2.75) is 76.4 Å². The predicted molar refractivity (Wildman–Crippen MR) is 114 cm³/mol. The van der Waals surface area contributed by atoms with Crippen molar-refractivity contribution in [2.24, 2.45) is 11.1 Å². The van der Waals surface area contributed by atoms with Gasteiger partial charge in [-0.2, -0.15) is 13.2 Å². The van der Waals surface area contributed by atoms with Crippen LogP contribution >= 0.6 is 0 Å². The number of nitrogens with two attached hydrogens (primary N) is 1. The molecule has 1 amide bonds. The summed E-state index contributed by atoms with van der Waals surface area (Å²) in [5.41, 5.74) is 3.33. The molecular formula is C23H32F3N3O3. The number of primary amides is 1. The molecule has 0 radical (unpaired) electrons. The second-order valence-electron chi connectivity index (χ2n) is 9.91. The third-order valence-corrected chi connectivity index (χ3v) is 6.87. The Bertz CT molecular complexity index is 874. The highest BCUT2D eigenvalue weighted by atomic mass is 19.4. The van der Waals surface area contributed by atoms with Crippen molar-refractivity contribution < 1.29 is 27.9 Å². The highest BCUT2D eigenvalue weighted by Crippen LogP contribution is 2.42. The van der Waals surface area contributed by atoms with Gasteiger partial charge in [0.1, 0.15) is 0 Å². The van der Waals surface area contributed by atoms with Crippen molar-refractivity contribution in [3.05, 3.63) is 35.4 Å². The quantitative estimate of drug-likeness (QED) is 0.574. The lowest BCUT2D eigenvalue weighted by atomic mass is 9.85. The van der Waals surface area contributed by atoms with Crippen LogP contribution in [-0.4, -0.2) is 58.6 Å². The summed E-state index contributed by atoms with van der Waals surface area (Å²) in [6.07, 6.45) is -3.16. The number of carbonyl (C=O) groups is 2. The Balaban J connectivity index is 1.91. The molecule has 0 bridgehead atoms. The van der Waals surface area contributed by atoms with Crippen molar-refractivity contribution in [2.75, 3.05) is 13.1 Å². The van der Waals surface area contributed by atoms with Crippen molar-refractivity contribution in [1.82, 2.24) is 10.2 Å². The van der Waals surface area contributed by atoms with Gasteiger partial charge in [0.25, 0.3) is 0 Å². The van der Waals surface area contributed by atoms with Crippen LogP contribution in [0, 0.1) is 5.41 Å². The lowest BCUT2D eigenvalue weighted by molar-refractivity contribution is -0.219. The molecule has 2 heterocycles. The number of hydrogen-bond acceptors (Lipinski definition) is 5. The molecule has 9 heteroatoms. The van der Waals surface area contributed by atoms with Crippen LogP contribution in [0.5, 0.6) is 0 Å². The lowest BCUT2D eigenvalue weighted by Crippen LogP contribution is -2.53. The summed E-state index contributed by atoms with van der Waals surface area (Å²) in [4.78, 5) is 27.0. The molecule has 4 unspecified atom stereocenters. The van der Waals surface area contributed by atoms with Crippen molar-refractivity contribution >= 4 is 11.7 Å². The number of aliphatic hydroxyl groups is 1. The maximum atomic E-state index is 13.6. The first-order valence-electron chi connectivity index (χ1n) is 11.0. The summed E-state index contributed by atoms with van der Waals surface area (Å²) >= 11 is 0. The van der Waals surface area contributed by atoms with E-state index < -0.39 is 41.0 Å². The number of benzene rings is 1. The second-order valence-corrected chi connectivity index (χ2v) is 9.91. The largest absolute Gasteiger partial charge is 0.395 e. The predicted octanol–water partition coefficient (Wildman–Crippen LogP) is 2.95. The first-order valence-corrected chi connectivity index (χ1v) is 11.0. The number of amides is 1. The van der Waals surface area contributed by atoms with Crippen LogP contribution < -0.4 is 11.1 Å². The SMILES string of the molecule is CC1(C(N)=O)CC(O)C(C(=O)c2ccccc2C2CCCCN2CC(C)(C)C(F)(F)F)N1. The highest BCUT2D eigenvalue weighted by molar-refractivity contribution is 6.03. The van der Waals surface area contributed by atoms with E-state index in [4.69, 9.17) is 5.73 Å². The van der Waals surface area contributed by atoms with Gasteiger partial charge in [-0.15, -0.1) is 0 Å². The van der Waals surface area contributed by atoms with E-state index in [9.17, 15) is 27.9 Å². The third-order valence-electron chi connectivity index (χ3n) is 6.87. The number of carbonyl (C=O) groups excluding carboxylic acids is 2. The number of Topliss-reactive ketones (excluding diaryl/α,β-unsaturated/α-hetero) is 1. The number of piperidine rings is 1. The van der Waals surface area contributed by atoms with E-state index in [1.807, 2.05) is 4.90 Å². The molecule has 0 aromatic heterocycles. The summed E-state index contributed by atoms with van der Waals surface area (Å²) in [6.45, 7) is 4.27. The minimum atomic E-state index is -4.35. The lowest BCUT2D eigenvalue weighted by Gasteiger charge is -2.42. The zero-order valence-electron chi connectivity index (χ0n) is 18.7. The summed E-state index contributed by atoms with van der Waals surface area (Å²) in [5.74, 6) is -1.05. The van der Waals surface area contributed by atoms with Gasteiger partial charge in [0.15, 0.2) is 5.78 Å². The van der Waals surface area contributed by atoms with E-state index in [0.717, 1.165) is 12.8 Å². The van der Waals surface area contributed by atoms with Gasteiger partial charge in [-0.05, 0) is 45.7 Å². The van der Waals surface area contributed by atoms with Crippen LogP contribution in [0.2, 0.25) is 0 Å². The maximum absolute atomic E-state index is 13.6. The van der Waals surface area contributed by atoms with Crippen LogP contribution in [0.25, 0.3) is 0 Å². The smallest absolute Gasteiger partial charge is 0.391 e. The van der Waals surface area contributed by atoms with E-state index in [-0.39, 0.29) is 19.0 Å². The average molecular weight is 456 g/mol. The molecule has 6 nitrogen and oxygen atoms in total. The van der Waals surface area contributed by atoms with Gasteiger partial charge in [0.05, 0.1) is 23.1 Å². The molecule has 178 valence electrons. The van der Waals surface area contributed by atoms with E-state index in [0.29, 0.717) is 24.1 Å². The number of halogens is 3. The van der Waals surface area contributed by atoms with Gasteiger partial charge < -0.3 is 10.8 Å². The van der Waals surface area contributed by atoms with Crippen LogP contribution in [0.4, 0.5) is 13.2 Å². The van der Waals surface area contributed by atoms with Crippen LogP contribution in [0.3, 0.4) is 0 Å². The first kappa shape index (κ1) is 24.7. The molecule has 0 spiro atoms. The van der Waals surface area contributed by atoms with Gasteiger partial charge in [0, 0.05) is 24.6 Å². The van der Waals surface area contributed by atoms with E-state index >= 15 is 0 Å². The monoisotopic (exact) mass is 455 g/mol. The minimum Gasteiger partial charge on any atom is -0.391 e. The minimum absolute atomic E-state index is 0.0102. The number of hydrogen-bond donors (Lipinski definition) is 3. The Kier molecular flexibility index (Phi) is 6.75. The van der Waals surface area contributed by atoms with Gasteiger partial charge in [0.2, 0.25) is 5.91 Å². The zero-order chi connectivity index (χ0) is 23.9. The number of nitrogens with zero attached hydrogens (tertiary/aromatic N) is 1. The van der Waals surface area contributed by atoms with E-state index in [1.165, 1.54) is 13.8 Å². The molecule has 2 aliphatic heterocycles.